The van der Waals surface area contributed by atoms with Crippen LogP contribution in [0.3, 0.4) is 0 Å². The number of aryl methyl sites for hydroxylation is 1. The number of hydrogen-bond acceptors (Lipinski definition) is 3. The number of fused-ring (bicyclic) bond motifs is 1. The standard InChI is InChI=1S/C15H13N3OS/c1-11-3-2-4-12(9-11)17-14(19)6-5-13-10-16-15-18(13)7-8-20-15/h2-10H,1H3,(H,17,19)/b6-5+. The molecule has 0 fully saturated rings. The largest absolute Gasteiger partial charge is 0.323 e. The van der Waals surface area contributed by atoms with Gasteiger partial charge in [0, 0.05) is 23.3 Å². The molecular formula is C15H13N3OS. The summed E-state index contributed by atoms with van der Waals surface area (Å²) in [5.41, 5.74) is 2.80. The topological polar surface area (TPSA) is 46.4 Å². The molecule has 3 aromatic rings. The number of aromatic nitrogens is 2. The highest BCUT2D eigenvalue weighted by Gasteiger charge is 2.02. The minimum absolute atomic E-state index is 0.152. The lowest BCUT2D eigenvalue weighted by Gasteiger charge is -2.02. The number of carbonyl (C=O) groups is 1. The Balaban J connectivity index is 1.73. The van der Waals surface area contributed by atoms with Crippen LogP contribution in [0.2, 0.25) is 0 Å². The van der Waals surface area contributed by atoms with Crippen LogP contribution in [0.25, 0.3) is 11.0 Å². The van der Waals surface area contributed by atoms with E-state index >= 15 is 0 Å². The lowest BCUT2D eigenvalue weighted by Crippen LogP contribution is -2.07. The van der Waals surface area contributed by atoms with Crippen molar-refractivity contribution in [3.63, 3.8) is 0 Å². The highest BCUT2D eigenvalue weighted by molar-refractivity contribution is 7.15. The van der Waals surface area contributed by atoms with Gasteiger partial charge >= 0.3 is 0 Å². The molecule has 3 rings (SSSR count). The lowest BCUT2D eigenvalue weighted by atomic mass is 10.2. The van der Waals surface area contributed by atoms with Crippen molar-refractivity contribution in [3.05, 3.63) is 59.4 Å². The molecule has 0 atom stereocenters. The summed E-state index contributed by atoms with van der Waals surface area (Å²) in [6.07, 6.45) is 6.97. The molecule has 20 heavy (non-hydrogen) atoms. The molecule has 0 aliphatic heterocycles. The molecule has 100 valence electrons. The molecule has 1 aromatic carbocycles. The maximum absolute atomic E-state index is 11.9. The van der Waals surface area contributed by atoms with Gasteiger partial charge in [-0.05, 0) is 30.7 Å². The van der Waals surface area contributed by atoms with Crippen LogP contribution in [0, 0.1) is 6.92 Å². The van der Waals surface area contributed by atoms with Gasteiger partial charge in [-0.25, -0.2) is 4.98 Å². The number of carbonyl (C=O) groups excluding carboxylic acids is 1. The van der Waals surface area contributed by atoms with E-state index in [0.717, 1.165) is 21.9 Å². The first-order valence-electron chi connectivity index (χ1n) is 6.19. The summed E-state index contributed by atoms with van der Waals surface area (Å²) in [4.78, 5) is 17.0. The van der Waals surface area contributed by atoms with E-state index < -0.39 is 0 Å². The number of anilines is 1. The zero-order chi connectivity index (χ0) is 13.9. The van der Waals surface area contributed by atoms with E-state index in [0.29, 0.717) is 0 Å². The zero-order valence-electron chi connectivity index (χ0n) is 10.9. The second-order valence-corrected chi connectivity index (χ2v) is 5.30. The molecule has 5 heteroatoms. The van der Waals surface area contributed by atoms with Crippen molar-refractivity contribution in [2.45, 2.75) is 6.92 Å². The number of thiazole rings is 1. The van der Waals surface area contributed by atoms with Crippen LogP contribution in [0.1, 0.15) is 11.3 Å². The van der Waals surface area contributed by atoms with Crippen molar-refractivity contribution in [1.29, 1.82) is 0 Å². The minimum atomic E-state index is -0.152. The van der Waals surface area contributed by atoms with Crippen LogP contribution in [0.5, 0.6) is 0 Å². The number of hydrogen-bond donors (Lipinski definition) is 1. The summed E-state index contributed by atoms with van der Waals surface area (Å²) >= 11 is 1.56. The molecule has 1 N–H and O–H groups in total. The Morgan fingerprint density at radius 3 is 3.20 bits per heavy atom. The summed E-state index contributed by atoms with van der Waals surface area (Å²) in [6.45, 7) is 1.99. The fraction of sp³-hybridized carbons (Fsp3) is 0.0667. The Labute approximate surface area is 120 Å². The van der Waals surface area contributed by atoms with Crippen molar-refractivity contribution in [3.8, 4) is 0 Å². The first-order valence-corrected chi connectivity index (χ1v) is 7.06. The normalized spacial score (nSPS) is 11.2. The Morgan fingerprint density at radius 1 is 1.45 bits per heavy atom. The SMILES string of the molecule is Cc1cccc(NC(=O)/C=C/c2cnc3sccn23)c1. The highest BCUT2D eigenvalue weighted by Crippen LogP contribution is 2.14. The molecule has 0 unspecified atom stereocenters. The molecule has 2 heterocycles. The van der Waals surface area contributed by atoms with Crippen LogP contribution in [-0.2, 0) is 4.79 Å². The summed E-state index contributed by atoms with van der Waals surface area (Å²) in [5, 5.41) is 4.80. The van der Waals surface area contributed by atoms with Crippen LogP contribution >= 0.6 is 11.3 Å². The Bertz CT molecular complexity index is 785. The predicted octanol–water partition coefficient (Wildman–Crippen LogP) is 3.36. The van der Waals surface area contributed by atoms with Crippen molar-refractivity contribution in [1.82, 2.24) is 9.38 Å². The van der Waals surface area contributed by atoms with Gasteiger partial charge in [0.1, 0.15) is 0 Å². The predicted molar refractivity (Wildman–Crippen MR) is 81.9 cm³/mol. The van der Waals surface area contributed by atoms with E-state index in [1.807, 2.05) is 47.2 Å². The van der Waals surface area contributed by atoms with Crippen LogP contribution in [-0.4, -0.2) is 15.3 Å². The van der Waals surface area contributed by atoms with Gasteiger partial charge in [0.25, 0.3) is 0 Å². The van der Waals surface area contributed by atoms with E-state index in [4.69, 9.17) is 0 Å². The Morgan fingerprint density at radius 2 is 2.35 bits per heavy atom. The molecular weight excluding hydrogens is 270 g/mol. The summed E-state index contributed by atoms with van der Waals surface area (Å²) in [5.74, 6) is -0.152. The molecule has 1 amide bonds. The molecule has 2 aromatic heterocycles. The maximum atomic E-state index is 11.9. The highest BCUT2D eigenvalue weighted by atomic mass is 32.1. The van der Waals surface area contributed by atoms with E-state index in [1.54, 1.807) is 23.6 Å². The van der Waals surface area contributed by atoms with Crippen molar-refractivity contribution < 1.29 is 4.79 Å². The Hall–Kier alpha value is -2.40. The average molecular weight is 283 g/mol. The smallest absolute Gasteiger partial charge is 0.248 e. The van der Waals surface area contributed by atoms with Crippen LogP contribution < -0.4 is 5.32 Å². The van der Waals surface area contributed by atoms with E-state index in [2.05, 4.69) is 10.3 Å². The van der Waals surface area contributed by atoms with Gasteiger partial charge < -0.3 is 5.32 Å². The van der Waals surface area contributed by atoms with Crippen LogP contribution in [0.15, 0.2) is 48.1 Å². The first kappa shape index (κ1) is 12.6. The van der Waals surface area contributed by atoms with Gasteiger partial charge in [-0.15, -0.1) is 11.3 Å². The molecule has 0 radical (unpaired) electrons. The number of nitrogens with one attached hydrogen (secondary N) is 1. The third kappa shape index (κ3) is 2.62. The quantitative estimate of drug-likeness (QED) is 0.749. The summed E-state index contributed by atoms with van der Waals surface area (Å²) < 4.78 is 1.95. The lowest BCUT2D eigenvalue weighted by molar-refractivity contribution is -0.111. The molecule has 0 aliphatic rings. The van der Waals surface area contributed by atoms with Gasteiger partial charge in [-0.3, -0.25) is 9.20 Å². The Kier molecular flexibility index (Phi) is 3.35. The molecule has 0 saturated heterocycles. The third-order valence-corrected chi connectivity index (χ3v) is 3.64. The van der Waals surface area contributed by atoms with Crippen LogP contribution in [0.4, 0.5) is 5.69 Å². The van der Waals surface area contributed by atoms with E-state index in [9.17, 15) is 4.79 Å². The monoisotopic (exact) mass is 283 g/mol. The van der Waals surface area contributed by atoms with Gasteiger partial charge in [0.15, 0.2) is 4.96 Å². The van der Waals surface area contributed by atoms with E-state index in [-0.39, 0.29) is 5.91 Å². The third-order valence-electron chi connectivity index (χ3n) is 2.87. The van der Waals surface area contributed by atoms with Gasteiger partial charge in [0.05, 0.1) is 11.9 Å². The number of benzene rings is 1. The summed E-state index contributed by atoms with van der Waals surface area (Å²) in [6, 6.07) is 7.71. The van der Waals surface area contributed by atoms with Gasteiger partial charge in [-0.1, -0.05) is 12.1 Å². The zero-order valence-corrected chi connectivity index (χ0v) is 11.7. The average Bonchev–Trinajstić information content (AvgIpc) is 2.99. The van der Waals surface area contributed by atoms with Crippen molar-refractivity contribution >= 4 is 34.0 Å². The number of imidazole rings is 1. The van der Waals surface area contributed by atoms with Crippen molar-refractivity contribution in [2.75, 3.05) is 5.32 Å². The molecule has 0 saturated carbocycles. The minimum Gasteiger partial charge on any atom is -0.323 e. The van der Waals surface area contributed by atoms with Gasteiger partial charge in [0.2, 0.25) is 5.91 Å². The fourth-order valence-corrected chi connectivity index (χ4v) is 2.63. The maximum Gasteiger partial charge on any atom is 0.248 e. The number of nitrogens with zero attached hydrogens (tertiary/aromatic N) is 2. The number of rotatable bonds is 3. The molecule has 0 bridgehead atoms. The van der Waals surface area contributed by atoms with Gasteiger partial charge in [-0.2, -0.15) is 0 Å². The van der Waals surface area contributed by atoms with Crippen molar-refractivity contribution in [2.24, 2.45) is 0 Å². The molecule has 4 nitrogen and oxygen atoms in total. The number of amides is 1. The first-order chi connectivity index (χ1) is 9.72. The molecule has 0 spiro atoms. The molecule has 0 aliphatic carbocycles. The second kappa shape index (κ2) is 5.30. The second-order valence-electron chi connectivity index (χ2n) is 4.43. The summed E-state index contributed by atoms with van der Waals surface area (Å²) in [7, 11) is 0. The fourth-order valence-electron chi connectivity index (χ4n) is 1.94. The van der Waals surface area contributed by atoms with E-state index in [1.165, 1.54) is 6.08 Å².